The monoisotopic (exact) mass is 551 g/mol. The van der Waals surface area contributed by atoms with Crippen LogP contribution in [0.25, 0.3) is 63.3 Å². The molecule has 9 rings (SSSR count). The van der Waals surface area contributed by atoms with Crippen LogP contribution in [0, 0.1) is 0 Å². The Morgan fingerprint density at radius 2 is 1.05 bits per heavy atom. The molecule has 0 spiro atoms. The summed E-state index contributed by atoms with van der Waals surface area (Å²) >= 11 is 1.90. The molecule has 1 nitrogen and oxygen atoms in total. The van der Waals surface area contributed by atoms with E-state index in [9.17, 15) is 0 Å². The average molecular weight is 552 g/mol. The van der Waals surface area contributed by atoms with Crippen molar-refractivity contribution in [1.82, 2.24) is 0 Å². The van der Waals surface area contributed by atoms with Crippen LogP contribution in [0.3, 0.4) is 0 Å². The van der Waals surface area contributed by atoms with Crippen LogP contribution >= 0.6 is 11.3 Å². The Labute approximate surface area is 247 Å². The highest BCUT2D eigenvalue weighted by atomic mass is 32.1. The molecule has 0 atom stereocenters. The average Bonchev–Trinajstić information content (AvgIpc) is 3.44. The highest BCUT2D eigenvalue weighted by molar-refractivity contribution is 7.26. The fraction of sp³-hybridized carbons (Fsp3) is 0. The van der Waals surface area contributed by atoms with Gasteiger partial charge in [0.2, 0.25) is 0 Å². The topological polar surface area (TPSA) is 3.24 Å². The van der Waals surface area contributed by atoms with Crippen LogP contribution in [0.5, 0.6) is 0 Å². The summed E-state index contributed by atoms with van der Waals surface area (Å²) in [4.78, 5) is 2.38. The number of anilines is 3. The quantitative estimate of drug-likeness (QED) is 0.197. The Bertz CT molecular complexity index is 2470. The largest absolute Gasteiger partial charge is 0.310 e. The van der Waals surface area contributed by atoms with Gasteiger partial charge in [0, 0.05) is 42.3 Å². The van der Waals surface area contributed by atoms with E-state index in [4.69, 9.17) is 0 Å². The van der Waals surface area contributed by atoms with Crippen LogP contribution in [0.1, 0.15) is 0 Å². The highest BCUT2D eigenvalue weighted by Gasteiger charge is 2.17. The van der Waals surface area contributed by atoms with Gasteiger partial charge < -0.3 is 4.90 Å². The molecule has 42 heavy (non-hydrogen) atoms. The molecule has 0 aliphatic rings. The molecule has 2 heteroatoms. The number of thiophene rings is 1. The van der Waals surface area contributed by atoms with Crippen LogP contribution < -0.4 is 4.90 Å². The van der Waals surface area contributed by atoms with Crippen LogP contribution in [-0.2, 0) is 0 Å². The highest BCUT2D eigenvalue weighted by Crippen LogP contribution is 2.44. The van der Waals surface area contributed by atoms with Gasteiger partial charge in [0.25, 0.3) is 0 Å². The Morgan fingerprint density at radius 3 is 1.98 bits per heavy atom. The SMILES string of the molecule is c1ccc(N(c2ccc3c(ccc4ccc5c(ccc6c7ccccc7sc65)c43)c2)c2cccc3ccccc23)cc1. The summed E-state index contributed by atoms with van der Waals surface area (Å²) < 4.78 is 2.72. The Hall–Kier alpha value is -5.18. The van der Waals surface area contributed by atoms with Crippen molar-refractivity contribution in [2.24, 2.45) is 0 Å². The lowest BCUT2D eigenvalue weighted by Gasteiger charge is -2.27. The van der Waals surface area contributed by atoms with Crippen molar-refractivity contribution < 1.29 is 0 Å². The zero-order valence-corrected chi connectivity index (χ0v) is 23.6. The molecule has 0 aliphatic heterocycles. The summed E-state index contributed by atoms with van der Waals surface area (Å²) in [5.74, 6) is 0. The second-order valence-electron chi connectivity index (χ2n) is 10.9. The molecule has 0 unspecified atom stereocenters. The third-order valence-corrected chi connectivity index (χ3v) is 9.82. The molecule has 9 aromatic rings. The number of hydrogen-bond acceptors (Lipinski definition) is 2. The molecule has 0 bridgehead atoms. The van der Waals surface area contributed by atoms with E-state index in [0.29, 0.717) is 0 Å². The molecule has 0 saturated heterocycles. The molecule has 0 radical (unpaired) electrons. The summed E-state index contributed by atoms with van der Waals surface area (Å²) in [6.45, 7) is 0. The van der Waals surface area contributed by atoms with E-state index in [2.05, 4.69) is 157 Å². The van der Waals surface area contributed by atoms with E-state index in [1.54, 1.807) is 0 Å². The van der Waals surface area contributed by atoms with E-state index in [1.165, 1.54) is 68.9 Å². The van der Waals surface area contributed by atoms with Crippen molar-refractivity contribution in [2.45, 2.75) is 0 Å². The lowest BCUT2D eigenvalue weighted by Crippen LogP contribution is -2.10. The molecular formula is C40H25NS. The smallest absolute Gasteiger partial charge is 0.0540 e. The summed E-state index contributed by atoms with van der Waals surface area (Å²) in [6, 6.07) is 55.4. The Morgan fingerprint density at radius 1 is 0.381 bits per heavy atom. The second-order valence-corrected chi connectivity index (χ2v) is 12.0. The number of benzene rings is 8. The van der Waals surface area contributed by atoms with E-state index >= 15 is 0 Å². The zero-order valence-electron chi connectivity index (χ0n) is 22.8. The number of rotatable bonds is 3. The van der Waals surface area contributed by atoms with Gasteiger partial charge in [-0.1, -0.05) is 115 Å². The number of fused-ring (bicyclic) bond motifs is 10. The van der Waals surface area contributed by atoms with E-state index in [1.807, 2.05) is 11.3 Å². The van der Waals surface area contributed by atoms with Crippen molar-refractivity contribution in [3.8, 4) is 0 Å². The molecule has 0 amide bonds. The van der Waals surface area contributed by atoms with Gasteiger partial charge in [-0.25, -0.2) is 0 Å². The van der Waals surface area contributed by atoms with Crippen LogP contribution in [-0.4, -0.2) is 0 Å². The molecule has 0 saturated carbocycles. The first-order valence-electron chi connectivity index (χ1n) is 14.4. The number of para-hydroxylation sites is 1. The number of hydrogen-bond donors (Lipinski definition) is 0. The molecule has 1 aromatic heterocycles. The molecule has 8 aromatic carbocycles. The zero-order chi connectivity index (χ0) is 27.6. The number of nitrogens with zero attached hydrogens (tertiary/aromatic N) is 1. The van der Waals surface area contributed by atoms with Crippen molar-refractivity contribution in [2.75, 3.05) is 4.90 Å². The van der Waals surface area contributed by atoms with Gasteiger partial charge in [-0.3, -0.25) is 0 Å². The minimum absolute atomic E-state index is 1.14. The van der Waals surface area contributed by atoms with Gasteiger partial charge in [-0.15, -0.1) is 11.3 Å². The maximum atomic E-state index is 2.38. The Balaban J connectivity index is 1.30. The van der Waals surface area contributed by atoms with Crippen LogP contribution in [0.15, 0.2) is 152 Å². The Kier molecular flexibility index (Phi) is 5.13. The van der Waals surface area contributed by atoms with Crippen molar-refractivity contribution in [3.05, 3.63) is 152 Å². The maximum Gasteiger partial charge on any atom is 0.0540 e. The summed E-state index contributed by atoms with van der Waals surface area (Å²) in [6.07, 6.45) is 0. The standard InChI is InChI=1S/C40H25NS/c1-2-11-29(12-3-1)41(37-15-8-10-26-9-4-5-13-31(26)37)30-20-22-32-28(25-30)18-17-27-19-21-36-34(39(27)32)23-24-35-33-14-6-7-16-38(33)42-40(35)36/h1-25H. The van der Waals surface area contributed by atoms with Gasteiger partial charge in [0.15, 0.2) is 0 Å². The first kappa shape index (κ1) is 23.5. The fourth-order valence-electron chi connectivity index (χ4n) is 6.69. The van der Waals surface area contributed by atoms with Gasteiger partial charge in [0.05, 0.1) is 5.69 Å². The first-order valence-corrected chi connectivity index (χ1v) is 15.2. The molecule has 1 heterocycles. The van der Waals surface area contributed by atoms with Crippen LogP contribution in [0.2, 0.25) is 0 Å². The maximum absolute atomic E-state index is 2.38. The van der Waals surface area contributed by atoms with Gasteiger partial charge >= 0.3 is 0 Å². The van der Waals surface area contributed by atoms with Gasteiger partial charge in [-0.05, 0) is 68.7 Å². The summed E-state index contributed by atoms with van der Waals surface area (Å²) in [5.41, 5.74) is 3.47. The second kappa shape index (κ2) is 9.17. The lowest BCUT2D eigenvalue weighted by molar-refractivity contribution is 1.30. The minimum Gasteiger partial charge on any atom is -0.310 e. The summed E-state index contributed by atoms with van der Waals surface area (Å²) in [5, 5.41) is 12.9. The molecule has 0 aliphatic carbocycles. The third kappa shape index (κ3) is 3.49. The molecule has 196 valence electrons. The lowest BCUT2D eigenvalue weighted by atomic mass is 9.95. The van der Waals surface area contributed by atoms with Crippen molar-refractivity contribution in [3.63, 3.8) is 0 Å². The predicted octanol–water partition coefficient (Wildman–Crippen LogP) is 12.1. The minimum atomic E-state index is 1.14. The van der Waals surface area contributed by atoms with Crippen molar-refractivity contribution in [1.29, 1.82) is 0 Å². The van der Waals surface area contributed by atoms with E-state index in [0.717, 1.165) is 11.4 Å². The normalized spacial score (nSPS) is 11.8. The molecule has 0 N–H and O–H groups in total. The van der Waals surface area contributed by atoms with Gasteiger partial charge in [0.1, 0.15) is 0 Å². The van der Waals surface area contributed by atoms with Crippen molar-refractivity contribution >= 4 is 91.7 Å². The van der Waals surface area contributed by atoms with Gasteiger partial charge in [-0.2, -0.15) is 0 Å². The predicted molar refractivity (Wildman–Crippen MR) is 184 cm³/mol. The van der Waals surface area contributed by atoms with Crippen LogP contribution in [0.4, 0.5) is 17.1 Å². The third-order valence-electron chi connectivity index (χ3n) is 8.60. The van der Waals surface area contributed by atoms with E-state index in [-0.39, 0.29) is 0 Å². The van der Waals surface area contributed by atoms with E-state index < -0.39 is 0 Å². The fourth-order valence-corrected chi connectivity index (χ4v) is 7.92. The molecule has 0 fully saturated rings. The summed E-state index contributed by atoms with van der Waals surface area (Å²) in [7, 11) is 0. The molecular weight excluding hydrogens is 527 g/mol. The first-order chi connectivity index (χ1) is 20.8.